The number of pyridine rings is 1. The molecule has 1 N–H and O–H groups in total. The lowest BCUT2D eigenvalue weighted by Crippen LogP contribution is -2.38. The fourth-order valence-electron chi connectivity index (χ4n) is 3.30. The van der Waals surface area contributed by atoms with Crippen molar-refractivity contribution in [2.24, 2.45) is 0 Å². The van der Waals surface area contributed by atoms with E-state index in [1.165, 1.54) is 19.8 Å². The lowest BCUT2D eigenvalue weighted by molar-refractivity contribution is -0.129. The molecule has 2 aliphatic rings. The van der Waals surface area contributed by atoms with Crippen molar-refractivity contribution < 1.29 is 14.3 Å². The molecule has 3 rings (SSSR count). The van der Waals surface area contributed by atoms with Crippen LogP contribution in [0.1, 0.15) is 26.2 Å². The van der Waals surface area contributed by atoms with E-state index < -0.39 is 0 Å². The summed E-state index contributed by atoms with van der Waals surface area (Å²) >= 11 is 0. The number of carbonyl (C=O) groups excluding carboxylic acids is 2. The molecule has 2 saturated heterocycles. The summed E-state index contributed by atoms with van der Waals surface area (Å²) in [4.78, 5) is 31.3. The van der Waals surface area contributed by atoms with Crippen LogP contribution in [-0.4, -0.2) is 60.5 Å². The Bertz CT molecular complexity index is 601. The van der Waals surface area contributed by atoms with Gasteiger partial charge in [0.05, 0.1) is 6.54 Å². The number of hydrogen-bond donors (Lipinski definition) is 1. The highest BCUT2D eigenvalue weighted by atomic mass is 16.5. The molecule has 0 bridgehead atoms. The number of nitrogens with one attached hydrogen (secondary N) is 1. The normalized spacial score (nSPS) is 21.0. The highest BCUT2D eigenvalue weighted by molar-refractivity contribution is 5.94. The predicted octanol–water partition coefficient (Wildman–Crippen LogP) is 0.798. The number of aromatic nitrogens is 1. The first kappa shape index (κ1) is 16.7. The third-order valence-electron chi connectivity index (χ3n) is 4.36. The molecular weight excluding hydrogens is 308 g/mol. The molecule has 24 heavy (non-hydrogen) atoms. The summed E-state index contributed by atoms with van der Waals surface area (Å²) < 4.78 is 6.17. The lowest BCUT2D eigenvalue weighted by Gasteiger charge is -2.22. The van der Waals surface area contributed by atoms with E-state index >= 15 is 0 Å². The van der Waals surface area contributed by atoms with Crippen LogP contribution in [0.3, 0.4) is 0 Å². The number of nitrogens with zero attached hydrogens (tertiary/aromatic N) is 3. The minimum atomic E-state index is -0.322. The highest BCUT2D eigenvalue weighted by Crippen LogP contribution is 2.30. The predicted molar refractivity (Wildman–Crippen MR) is 90.0 cm³/mol. The molecule has 130 valence electrons. The Hall–Kier alpha value is -2.15. The smallest absolute Gasteiger partial charge is 0.240 e. The molecule has 2 fully saturated rings. The van der Waals surface area contributed by atoms with E-state index in [0.29, 0.717) is 6.54 Å². The largest absolute Gasteiger partial charge is 0.485 e. The summed E-state index contributed by atoms with van der Waals surface area (Å²) in [5.41, 5.74) is 0. The van der Waals surface area contributed by atoms with E-state index in [1.807, 2.05) is 17.0 Å². The topological polar surface area (TPSA) is 74.8 Å². The number of carbonyl (C=O) groups is 2. The first-order valence-electron chi connectivity index (χ1n) is 8.51. The van der Waals surface area contributed by atoms with Crippen LogP contribution < -0.4 is 15.0 Å². The van der Waals surface area contributed by atoms with Crippen LogP contribution >= 0.6 is 0 Å². The van der Waals surface area contributed by atoms with Gasteiger partial charge in [-0.15, -0.1) is 0 Å². The SMILES string of the molecule is CC(=O)NC(=O)CN1CC[C@H](Oc2cccnc2N2CCCC2)C1. The van der Waals surface area contributed by atoms with Crippen molar-refractivity contribution in [1.29, 1.82) is 0 Å². The van der Waals surface area contributed by atoms with Crippen molar-refractivity contribution in [2.45, 2.75) is 32.3 Å². The maximum atomic E-state index is 11.7. The average molecular weight is 332 g/mol. The molecule has 2 aliphatic heterocycles. The second-order valence-corrected chi connectivity index (χ2v) is 6.39. The van der Waals surface area contributed by atoms with E-state index in [1.54, 1.807) is 6.20 Å². The molecule has 0 unspecified atom stereocenters. The summed E-state index contributed by atoms with van der Waals surface area (Å²) in [6.07, 6.45) is 5.09. The second-order valence-electron chi connectivity index (χ2n) is 6.39. The van der Waals surface area contributed by atoms with Gasteiger partial charge < -0.3 is 9.64 Å². The molecule has 2 amide bonds. The molecule has 0 aromatic carbocycles. The zero-order chi connectivity index (χ0) is 16.9. The van der Waals surface area contributed by atoms with Crippen LogP contribution in [0.25, 0.3) is 0 Å². The van der Waals surface area contributed by atoms with E-state index in [2.05, 4.69) is 15.2 Å². The third-order valence-corrected chi connectivity index (χ3v) is 4.36. The molecule has 1 atom stereocenters. The molecule has 0 radical (unpaired) electrons. The Morgan fingerprint density at radius 3 is 2.88 bits per heavy atom. The minimum Gasteiger partial charge on any atom is -0.485 e. The van der Waals surface area contributed by atoms with Gasteiger partial charge >= 0.3 is 0 Å². The van der Waals surface area contributed by atoms with Crippen LogP contribution in [0.15, 0.2) is 18.3 Å². The Balaban J connectivity index is 1.56. The molecule has 7 heteroatoms. The van der Waals surface area contributed by atoms with Crippen molar-refractivity contribution in [2.75, 3.05) is 37.6 Å². The van der Waals surface area contributed by atoms with Gasteiger partial charge in [0, 0.05) is 39.3 Å². The van der Waals surface area contributed by atoms with Crippen LogP contribution in [0.5, 0.6) is 5.75 Å². The van der Waals surface area contributed by atoms with E-state index in [4.69, 9.17) is 4.74 Å². The van der Waals surface area contributed by atoms with Crippen molar-refractivity contribution in [3.05, 3.63) is 18.3 Å². The van der Waals surface area contributed by atoms with Gasteiger partial charge in [-0.1, -0.05) is 0 Å². The van der Waals surface area contributed by atoms with Crippen LogP contribution in [0.2, 0.25) is 0 Å². The maximum Gasteiger partial charge on any atom is 0.240 e. The molecule has 1 aromatic heterocycles. The first-order chi connectivity index (χ1) is 11.6. The fourth-order valence-corrected chi connectivity index (χ4v) is 3.30. The maximum absolute atomic E-state index is 11.7. The van der Waals surface area contributed by atoms with Crippen molar-refractivity contribution >= 4 is 17.6 Å². The molecule has 1 aromatic rings. The molecule has 0 aliphatic carbocycles. The Labute approximate surface area is 142 Å². The van der Waals surface area contributed by atoms with Gasteiger partial charge in [-0.2, -0.15) is 0 Å². The number of likely N-dealkylation sites (tertiary alicyclic amines) is 1. The fraction of sp³-hybridized carbons (Fsp3) is 0.588. The highest BCUT2D eigenvalue weighted by Gasteiger charge is 2.27. The molecule has 0 spiro atoms. The second kappa shape index (κ2) is 7.61. The number of amides is 2. The molecular formula is C17H24N4O3. The van der Waals surface area contributed by atoms with Crippen molar-refractivity contribution in [3.63, 3.8) is 0 Å². The summed E-state index contributed by atoms with van der Waals surface area (Å²) in [6.45, 7) is 5.08. The Morgan fingerprint density at radius 1 is 1.33 bits per heavy atom. The third kappa shape index (κ3) is 4.23. The van der Waals surface area contributed by atoms with Gasteiger partial charge in [0.1, 0.15) is 6.10 Å². The summed E-state index contributed by atoms with van der Waals surface area (Å²) in [6, 6.07) is 3.85. The van der Waals surface area contributed by atoms with Crippen LogP contribution in [0.4, 0.5) is 5.82 Å². The average Bonchev–Trinajstić information content (AvgIpc) is 3.19. The lowest BCUT2D eigenvalue weighted by atomic mass is 10.3. The standard InChI is InChI=1S/C17H24N4O3/c1-13(22)19-16(23)12-20-10-6-14(11-20)24-15-5-4-7-18-17(15)21-8-2-3-9-21/h4-5,7,14H,2-3,6,8-12H2,1H3,(H,19,22,23)/t14-/m0/s1. The monoisotopic (exact) mass is 332 g/mol. The van der Waals surface area contributed by atoms with E-state index in [9.17, 15) is 9.59 Å². The van der Waals surface area contributed by atoms with Gasteiger partial charge in [0.25, 0.3) is 0 Å². The number of rotatable bonds is 5. The van der Waals surface area contributed by atoms with Gasteiger partial charge in [-0.05, 0) is 31.4 Å². The Morgan fingerprint density at radius 2 is 2.12 bits per heavy atom. The first-order valence-corrected chi connectivity index (χ1v) is 8.51. The summed E-state index contributed by atoms with van der Waals surface area (Å²) in [7, 11) is 0. The van der Waals surface area contributed by atoms with Gasteiger partial charge in [-0.3, -0.25) is 19.8 Å². The molecule has 7 nitrogen and oxygen atoms in total. The van der Waals surface area contributed by atoms with Crippen molar-refractivity contribution in [1.82, 2.24) is 15.2 Å². The quantitative estimate of drug-likeness (QED) is 0.860. The van der Waals surface area contributed by atoms with E-state index in [-0.39, 0.29) is 24.5 Å². The zero-order valence-electron chi connectivity index (χ0n) is 14.0. The van der Waals surface area contributed by atoms with Gasteiger partial charge in [0.2, 0.25) is 11.8 Å². The van der Waals surface area contributed by atoms with E-state index in [0.717, 1.165) is 37.6 Å². The van der Waals surface area contributed by atoms with Crippen LogP contribution in [-0.2, 0) is 9.59 Å². The van der Waals surface area contributed by atoms with Gasteiger partial charge in [0.15, 0.2) is 11.6 Å². The van der Waals surface area contributed by atoms with Crippen molar-refractivity contribution in [3.8, 4) is 5.75 Å². The molecule has 3 heterocycles. The Kier molecular flexibility index (Phi) is 5.30. The summed E-state index contributed by atoms with van der Waals surface area (Å²) in [5, 5.41) is 2.30. The number of hydrogen-bond acceptors (Lipinski definition) is 6. The number of ether oxygens (including phenoxy) is 1. The van der Waals surface area contributed by atoms with Gasteiger partial charge in [-0.25, -0.2) is 4.98 Å². The molecule has 0 saturated carbocycles. The minimum absolute atomic E-state index is 0.0423. The number of anilines is 1. The zero-order valence-corrected chi connectivity index (χ0v) is 14.0. The summed E-state index contributed by atoms with van der Waals surface area (Å²) in [5.74, 6) is 1.15. The van der Waals surface area contributed by atoms with Crippen LogP contribution in [0, 0.1) is 0 Å². The number of imide groups is 1.